The van der Waals surface area contributed by atoms with Gasteiger partial charge in [0.2, 0.25) is 0 Å². The first-order chi connectivity index (χ1) is 11.1. The molecule has 0 aliphatic heterocycles. The van der Waals surface area contributed by atoms with Crippen molar-refractivity contribution in [1.82, 2.24) is 0 Å². The van der Waals surface area contributed by atoms with Crippen molar-refractivity contribution in [3.05, 3.63) is 60.2 Å². The van der Waals surface area contributed by atoms with Crippen molar-refractivity contribution in [2.45, 2.75) is 46.5 Å². The van der Waals surface area contributed by atoms with Crippen molar-refractivity contribution in [3.8, 4) is 11.1 Å². The number of rotatable bonds is 8. The van der Waals surface area contributed by atoms with Crippen LogP contribution in [-0.2, 0) is 11.2 Å². The van der Waals surface area contributed by atoms with E-state index >= 15 is 0 Å². The highest BCUT2D eigenvalue weighted by Gasteiger charge is 2.15. The number of hydrogen-bond acceptors (Lipinski definition) is 1. The maximum atomic E-state index is 11.9. The first-order valence-corrected chi connectivity index (χ1v) is 8.77. The van der Waals surface area contributed by atoms with Crippen LogP contribution in [0.25, 0.3) is 11.1 Å². The van der Waals surface area contributed by atoms with E-state index in [9.17, 15) is 4.79 Å². The summed E-state index contributed by atoms with van der Waals surface area (Å²) < 4.78 is 0. The summed E-state index contributed by atoms with van der Waals surface area (Å²) in [4.78, 5) is 11.9. The van der Waals surface area contributed by atoms with Gasteiger partial charge in [0.1, 0.15) is 5.78 Å². The van der Waals surface area contributed by atoms with Crippen molar-refractivity contribution >= 4 is 5.78 Å². The standard InChI is InChI=1S/C22H28O/c1-4-8-22(23)18(3)15-17(2)16-19-11-13-21(14-12-19)20-9-6-5-7-10-20/h5-7,9-14,17-18H,4,8,15-16H2,1-3H3. The van der Waals surface area contributed by atoms with Crippen molar-refractivity contribution in [2.75, 3.05) is 0 Å². The van der Waals surface area contributed by atoms with Gasteiger partial charge in [-0.1, -0.05) is 75.4 Å². The summed E-state index contributed by atoms with van der Waals surface area (Å²) in [5, 5.41) is 0. The van der Waals surface area contributed by atoms with Crippen LogP contribution < -0.4 is 0 Å². The third-order valence-corrected chi connectivity index (χ3v) is 4.45. The van der Waals surface area contributed by atoms with Gasteiger partial charge in [-0.05, 0) is 41.9 Å². The third kappa shape index (κ3) is 5.35. The molecule has 2 aromatic carbocycles. The third-order valence-electron chi connectivity index (χ3n) is 4.45. The Kier molecular flexibility index (Phi) is 6.58. The highest BCUT2D eigenvalue weighted by Crippen LogP contribution is 2.22. The molecule has 0 amide bonds. The van der Waals surface area contributed by atoms with E-state index in [1.807, 2.05) is 6.07 Å². The van der Waals surface area contributed by atoms with Gasteiger partial charge in [0.05, 0.1) is 0 Å². The van der Waals surface area contributed by atoms with E-state index < -0.39 is 0 Å². The fourth-order valence-corrected chi connectivity index (χ4v) is 3.18. The zero-order valence-electron chi connectivity index (χ0n) is 14.6. The molecule has 1 nitrogen and oxygen atoms in total. The van der Waals surface area contributed by atoms with Gasteiger partial charge in [-0.15, -0.1) is 0 Å². The largest absolute Gasteiger partial charge is 0.299 e. The van der Waals surface area contributed by atoms with Gasteiger partial charge in [0.25, 0.3) is 0 Å². The van der Waals surface area contributed by atoms with E-state index in [1.54, 1.807) is 0 Å². The molecule has 0 aliphatic rings. The van der Waals surface area contributed by atoms with Gasteiger partial charge in [-0.25, -0.2) is 0 Å². The molecule has 0 heterocycles. The Labute approximate surface area is 140 Å². The molecule has 1 heteroatoms. The van der Waals surface area contributed by atoms with Gasteiger partial charge in [-0.2, -0.15) is 0 Å². The van der Waals surface area contributed by atoms with Crippen molar-refractivity contribution in [1.29, 1.82) is 0 Å². The summed E-state index contributed by atoms with van der Waals surface area (Å²) in [6.45, 7) is 6.40. The Morgan fingerprint density at radius 3 is 2.13 bits per heavy atom. The molecule has 2 unspecified atom stereocenters. The van der Waals surface area contributed by atoms with E-state index in [1.165, 1.54) is 16.7 Å². The quantitative estimate of drug-likeness (QED) is 0.591. The van der Waals surface area contributed by atoms with Crippen LogP contribution in [0.2, 0.25) is 0 Å². The summed E-state index contributed by atoms with van der Waals surface area (Å²) in [6, 6.07) is 19.3. The van der Waals surface area contributed by atoms with Crippen LogP contribution in [0.5, 0.6) is 0 Å². The van der Waals surface area contributed by atoms with E-state index in [0.717, 1.165) is 25.7 Å². The Morgan fingerprint density at radius 1 is 0.913 bits per heavy atom. The SMILES string of the molecule is CCCC(=O)C(C)CC(C)Cc1ccc(-c2ccccc2)cc1. The fourth-order valence-electron chi connectivity index (χ4n) is 3.18. The normalized spacial score (nSPS) is 13.5. The van der Waals surface area contributed by atoms with Crippen molar-refractivity contribution in [3.63, 3.8) is 0 Å². The second-order valence-corrected chi connectivity index (χ2v) is 6.73. The van der Waals surface area contributed by atoms with E-state index in [4.69, 9.17) is 0 Å². The lowest BCUT2D eigenvalue weighted by Gasteiger charge is -2.16. The molecule has 0 N–H and O–H groups in total. The summed E-state index contributed by atoms with van der Waals surface area (Å²) in [5.41, 5.74) is 3.87. The molecule has 23 heavy (non-hydrogen) atoms. The average molecular weight is 308 g/mol. The minimum Gasteiger partial charge on any atom is -0.299 e. The molecule has 0 fully saturated rings. The zero-order valence-corrected chi connectivity index (χ0v) is 14.6. The van der Waals surface area contributed by atoms with Crippen LogP contribution in [0.1, 0.15) is 45.6 Å². The average Bonchev–Trinajstić information content (AvgIpc) is 2.56. The van der Waals surface area contributed by atoms with Crippen LogP contribution in [0.3, 0.4) is 0 Å². The second-order valence-electron chi connectivity index (χ2n) is 6.73. The first kappa shape index (κ1) is 17.5. The van der Waals surface area contributed by atoms with E-state index in [0.29, 0.717) is 11.7 Å². The summed E-state index contributed by atoms with van der Waals surface area (Å²) >= 11 is 0. The number of ketones is 1. The molecule has 0 saturated carbocycles. The first-order valence-electron chi connectivity index (χ1n) is 8.77. The maximum Gasteiger partial charge on any atom is 0.135 e. The summed E-state index contributed by atoms with van der Waals surface area (Å²) in [6.07, 6.45) is 3.70. The van der Waals surface area contributed by atoms with Gasteiger partial charge in [0, 0.05) is 12.3 Å². The molecule has 0 aromatic heterocycles. The Balaban J connectivity index is 1.92. The fraction of sp³-hybridized carbons (Fsp3) is 0.409. The highest BCUT2D eigenvalue weighted by atomic mass is 16.1. The van der Waals surface area contributed by atoms with Crippen LogP contribution >= 0.6 is 0 Å². The second kappa shape index (κ2) is 8.67. The lowest BCUT2D eigenvalue weighted by Crippen LogP contribution is -2.15. The Morgan fingerprint density at radius 2 is 1.52 bits per heavy atom. The van der Waals surface area contributed by atoms with Crippen molar-refractivity contribution in [2.24, 2.45) is 11.8 Å². The highest BCUT2D eigenvalue weighted by molar-refractivity contribution is 5.80. The molecule has 0 bridgehead atoms. The van der Waals surface area contributed by atoms with Crippen LogP contribution in [0.15, 0.2) is 54.6 Å². The molecule has 122 valence electrons. The molecule has 2 atom stereocenters. The predicted molar refractivity (Wildman–Crippen MR) is 98.4 cm³/mol. The smallest absolute Gasteiger partial charge is 0.135 e. The number of Topliss-reactive ketones (excluding diaryl/α,β-unsaturated/α-hetero) is 1. The number of hydrogen-bond donors (Lipinski definition) is 0. The van der Waals surface area contributed by atoms with Gasteiger partial charge in [0.15, 0.2) is 0 Å². The Bertz CT molecular complexity index is 598. The minimum atomic E-state index is 0.188. The van der Waals surface area contributed by atoms with Crippen LogP contribution in [0, 0.1) is 11.8 Å². The molecular formula is C22H28O. The van der Waals surface area contributed by atoms with Crippen LogP contribution in [0.4, 0.5) is 0 Å². The number of carbonyl (C=O) groups is 1. The van der Waals surface area contributed by atoms with E-state index in [-0.39, 0.29) is 5.92 Å². The predicted octanol–water partition coefficient (Wildman–Crippen LogP) is 5.93. The lowest BCUT2D eigenvalue weighted by atomic mass is 9.88. The lowest BCUT2D eigenvalue weighted by molar-refractivity contribution is -0.122. The molecule has 0 radical (unpaired) electrons. The molecule has 2 rings (SSSR count). The summed E-state index contributed by atoms with van der Waals surface area (Å²) in [7, 11) is 0. The van der Waals surface area contributed by atoms with E-state index in [2.05, 4.69) is 69.3 Å². The summed E-state index contributed by atoms with van der Waals surface area (Å²) in [5.74, 6) is 1.14. The van der Waals surface area contributed by atoms with Gasteiger partial charge in [-0.3, -0.25) is 4.79 Å². The zero-order chi connectivity index (χ0) is 16.7. The molecule has 2 aromatic rings. The Hall–Kier alpha value is -1.89. The maximum absolute atomic E-state index is 11.9. The monoisotopic (exact) mass is 308 g/mol. The number of benzene rings is 2. The molecule has 0 spiro atoms. The molecule has 0 aliphatic carbocycles. The minimum absolute atomic E-state index is 0.188. The van der Waals surface area contributed by atoms with Crippen molar-refractivity contribution < 1.29 is 4.79 Å². The number of carbonyl (C=O) groups excluding carboxylic acids is 1. The van der Waals surface area contributed by atoms with Crippen LogP contribution in [-0.4, -0.2) is 5.78 Å². The molecular weight excluding hydrogens is 280 g/mol. The topological polar surface area (TPSA) is 17.1 Å². The van der Waals surface area contributed by atoms with Gasteiger partial charge < -0.3 is 0 Å². The van der Waals surface area contributed by atoms with Gasteiger partial charge >= 0.3 is 0 Å². The molecule has 0 saturated heterocycles.